The van der Waals surface area contributed by atoms with Crippen LogP contribution >= 0.6 is 0 Å². The topological polar surface area (TPSA) is 88.0 Å². The quantitative estimate of drug-likeness (QED) is 0.657. The number of hydrogen-bond donors (Lipinski definition) is 2. The van der Waals surface area contributed by atoms with Gasteiger partial charge >= 0.3 is 6.03 Å². The van der Waals surface area contributed by atoms with Gasteiger partial charge in [-0.15, -0.1) is 0 Å². The van der Waals surface area contributed by atoms with E-state index in [2.05, 4.69) is 37.5 Å². The second-order valence-corrected chi connectivity index (χ2v) is 7.69. The highest BCUT2D eigenvalue weighted by Gasteiger charge is 2.20. The summed E-state index contributed by atoms with van der Waals surface area (Å²) in [5.41, 5.74) is 2.77. The van der Waals surface area contributed by atoms with Crippen molar-refractivity contribution in [2.75, 3.05) is 29.9 Å². The maximum Gasteiger partial charge on any atom is 0.319 e. The van der Waals surface area contributed by atoms with Crippen molar-refractivity contribution in [3.8, 4) is 5.82 Å². The molecular weight excluding hydrogens is 378 g/mol. The Morgan fingerprint density at radius 2 is 1.97 bits per heavy atom. The molecule has 0 saturated carbocycles. The van der Waals surface area contributed by atoms with Crippen LogP contribution in [-0.2, 0) is 6.42 Å². The Bertz CT molecular complexity index is 964. The van der Waals surface area contributed by atoms with E-state index in [-0.39, 0.29) is 6.03 Å². The number of anilines is 2. The zero-order valence-electron chi connectivity index (χ0n) is 17.2. The minimum atomic E-state index is -0.251. The fourth-order valence-electron chi connectivity index (χ4n) is 3.61. The van der Waals surface area contributed by atoms with Crippen molar-refractivity contribution >= 4 is 17.4 Å². The predicted octanol–water partition coefficient (Wildman–Crippen LogP) is 3.26. The molecule has 1 aliphatic heterocycles. The fraction of sp³-hybridized carbons (Fsp3) is 0.364. The summed E-state index contributed by atoms with van der Waals surface area (Å²) < 4.78 is 1.69. The van der Waals surface area contributed by atoms with E-state index < -0.39 is 0 Å². The molecule has 30 heavy (non-hydrogen) atoms. The number of aromatic nitrogens is 4. The van der Waals surface area contributed by atoms with Gasteiger partial charge in [-0.2, -0.15) is 5.10 Å². The molecule has 0 radical (unpaired) electrons. The van der Waals surface area contributed by atoms with Crippen LogP contribution in [0.1, 0.15) is 25.3 Å². The number of piperidine rings is 1. The number of carbonyl (C=O) groups is 1. The Morgan fingerprint density at radius 1 is 1.17 bits per heavy atom. The van der Waals surface area contributed by atoms with Crippen LogP contribution in [0.5, 0.6) is 0 Å². The Balaban J connectivity index is 1.37. The van der Waals surface area contributed by atoms with E-state index in [1.165, 1.54) is 11.9 Å². The molecule has 0 bridgehead atoms. The normalized spacial score (nSPS) is 14.5. The molecule has 2 N–H and O–H groups in total. The van der Waals surface area contributed by atoms with Gasteiger partial charge in [-0.3, -0.25) is 0 Å². The van der Waals surface area contributed by atoms with Crippen molar-refractivity contribution in [3.63, 3.8) is 0 Å². The fourth-order valence-corrected chi connectivity index (χ4v) is 3.61. The van der Waals surface area contributed by atoms with Gasteiger partial charge in [0, 0.05) is 19.6 Å². The number of benzene rings is 1. The van der Waals surface area contributed by atoms with Gasteiger partial charge in [-0.1, -0.05) is 37.3 Å². The smallest absolute Gasteiger partial charge is 0.319 e. The van der Waals surface area contributed by atoms with Crippen LogP contribution in [-0.4, -0.2) is 45.4 Å². The summed E-state index contributed by atoms with van der Waals surface area (Å²) in [6, 6.07) is 9.82. The lowest BCUT2D eigenvalue weighted by Crippen LogP contribution is -2.33. The molecule has 8 heteroatoms. The molecule has 0 atom stereocenters. The van der Waals surface area contributed by atoms with Crippen molar-refractivity contribution in [2.45, 2.75) is 26.2 Å². The lowest BCUT2D eigenvalue weighted by atomic mass is 9.99. The first-order valence-electron chi connectivity index (χ1n) is 10.4. The van der Waals surface area contributed by atoms with Gasteiger partial charge in [0.2, 0.25) is 0 Å². The number of rotatable bonds is 6. The second-order valence-electron chi connectivity index (χ2n) is 7.69. The first-order valence-corrected chi connectivity index (χ1v) is 10.4. The van der Waals surface area contributed by atoms with E-state index in [0.717, 1.165) is 49.8 Å². The number of hydrogen-bond acceptors (Lipinski definition) is 5. The van der Waals surface area contributed by atoms with Crippen LogP contribution in [0.4, 0.5) is 16.2 Å². The monoisotopic (exact) mass is 405 g/mol. The van der Waals surface area contributed by atoms with Crippen LogP contribution < -0.4 is 15.5 Å². The first kappa shape index (κ1) is 19.9. The Labute approximate surface area is 176 Å². The van der Waals surface area contributed by atoms with E-state index >= 15 is 0 Å². The van der Waals surface area contributed by atoms with Crippen molar-refractivity contribution in [1.29, 1.82) is 0 Å². The zero-order valence-corrected chi connectivity index (χ0v) is 17.2. The molecule has 1 saturated heterocycles. The zero-order chi connectivity index (χ0) is 20.8. The third-order valence-electron chi connectivity index (χ3n) is 5.40. The summed E-state index contributed by atoms with van der Waals surface area (Å²) in [6.45, 7) is 4.82. The Hall–Kier alpha value is -3.42. The van der Waals surface area contributed by atoms with Crippen molar-refractivity contribution in [2.24, 2.45) is 5.92 Å². The highest BCUT2D eigenvalue weighted by molar-refractivity contribution is 5.88. The summed E-state index contributed by atoms with van der Waals surface area (Å²) in [6.07, 6.45) is 9.86. The summed E-state index contributed by atoms with van der Waals surface area (Å²) in [5.74, 6) is 1.47. The molecule has 156 valence electrons. The van der Waals surface area contributed by atoms with Gasteiger partial charge in [0.25, 0.3) is 0 Å². The van der Waals surface area contributed by atoms with Crippen molar-refractivity contribution in [3.05, 3.63) is 60.8 Å². The first-order chi connectivity index (χ1) is 14.7. The van der Waals surface area contributed by atoms with Gasteiger partial charge in [0.1, 0.15) is 12.0 Å². The van der Waals surface area contributed by atoms with E-state index in [0.29, 0.717) is 12.2 Å². The number of nitrogens with one attached hydrogen (secondary N) is 2. The van der Waals surface area contributed by atoms with E-state index in [4.69, 9.17) is 0 Å². The molecule has 3 aromatic rings. The SMILES string of the molecule is CC1CCN(c2cncnc2-n2cc(NC(=O)NCCc3ccccc3)cn2)CC1. The van der Waals surface area contributed by atoms with Crippen LogP contribution in [0.15, 0.2) is 55.2 Å². The number of urea groups is 1. The van der Waals surface area contributed by atoms with Gasteiger partial charge in [0.05, 0.1) is 24.3 Å². The summed E-state index contributed by atoms with van der Waals surface area (Å²) in [4.78, 5) is 23.1. The highest BCUT2D eigenvalue weighted by atomic mass is 16.2. The molecule has 1 fully saturated rings. The molecule has 0 unspecified atom stereocenters. The predicted molar refractivity (Wildman–Crippen MR) is 117 cm³/mol. The van der Waals surface area contributed by atoms with Crippen LogP contribution in [0.25, 0.3) is 5.82 Å². The number of amides is 2. The largest absolute Gasteiger partial charge is 0.367 e. The lowest BCUT2D eigenvalue weighted by Gasteiger charge is -2.32. The third kappa shape index (κ3) is 4.94. The van der Waals surface area contributed by atoms with Crippen LogP contribution in [0, 0.1) is 5.92 Å². The van der Waals surface area contributed by atoms with Gasteiger partial charge in [-0.25, -0.2) is 19.4 Å². The molecule has 8 nitrogen and oxygen atoms in total. The minimum absolute atomic E-state index is 0.251. The molecule has 2 aromatic heterocycles. The molecule has 3 heterocycles. The van der Waals surface area contributed by atoms with E-state index in [9.17, 15) is 4.79 Å². The van der Waals surface area contributed by atoms with Gasteiger partial charge < -0.3 is 15.5 Å². The Kier molecular flexibility index (Phi) is 6.22. The van der Waals surface area contributed by atoms with Crippen LogP contribution in [0.2, 0.25) is 0 Å². The minimum Gasteiger partial charge on any atom is -0.367 e. The second kappa shape index (κ2) is 9.39. The molecule has 1 aliphatic rings. The summed E-state index contributed by atoms with van der Waals surface area (Å²) >= 11 is 0. The van der Waals surface area contributed by atoms with Gasteiger partial charge in [-0.05, 0) is 30.7 Å². The molecule has 1 aromatic carbocycles. The third-order valence-corrected chi connectivity index (χ3v) is 5.40. The van der Waals surface area contributed by atoms with E-state index in [1.807, 2.05) is 36.5 Å². The molecule has 2 amide bonds. The molecule has 0 spiro atoms. The average Bonchev–Trinajstić information content (AvgIpc) is 3.23. The van der Waals surface area contributed by atoms with E-state index in [1.54, 1.807) is 17.1 Å². The number of carbonyl (C=O) groups excluding carboxylic acids is 1. The lowest BCUT2D eigenvalue weighted by molar-refractivity contribution is 0.252. The molecule has 4 rings (SSSR count). The Morgan fingerprint density at radius 3 is 2.77 bits per heavy atom. The molecule has 0 aliphatic carbocycles. The number of nitrogens with zero attached hydrogens (tertiary/aromatic N) is 5. The maximum atomic E-state index is 12.2. The maximum absolute atomic E-state index is 12.2. The highest BCUT2D eigenvalue weighted by Crippen LogP contribution is 2.26. The standard InChI is InChI=1S/C22H27N7O/c1-17-8-11-28(12-9-17)20-14-23-16-25-21(20)29-15-19(13-26-29)27-22(30)24-10-7-18-5-3-2-4-6-18/h2-6,13-17H,7-12H2,1H3,(H2,24,27,30). The average molecular weight is 406 g/mol. The van der Waals surface area contributed by atoms with Gasteiger partial charge in [0.15, 0.2) is 5.82 Å². The summed E-state index contributed by atoms with van der Waals surface area (Å²) in [7, 11) is 0. The van der Waals surface area contributed by atoms with Crippen molar-refractivity contribution in [1.82, 2.24) is 25.1 Å². The molecular formula is C22H27N7O. The van der Waals surface area contributed by atoms with Crippen molar-refractivity contribution < 1.29 is 4.79 Å². The summed E-state index contributed by atoms with van der Waals surface area (Å²) in [5, 5.41) is 10.1. The van der Waals surface area contributed by atoms with Crippen LogP contribution in [0.3, 0.4) is 0 Å².